The van der Waals surface area contributed by atoms with Crippen molar-refractivity contribution in [1.29, 1.82) is 0 Å². The van der Waals surface area contributed by atoms with Gasteiger partial charge in [-0.3, -0.25) is 19.5 Å². The Morgan fingerprint density at radius 2 is 1.75 bits per heavy atom. The van der Waals surface area contributed by atoms with Gasteiger partial charge in [0.05, 0.1) is 27.4 Å². The number of ether oxygens (including phenoxy) is 3. The topological polar surface area (TPSA) is 93.2 Å². The molecular formula is C27H38N4O5. The van der Waals surface area contributed by atoms with E-state index >= 15 is 0 Å². The van der Waals surface area contributed by atoms with E-state index in [1.807, 2.05) is 20.8 Å². The molecule has 196 valence electrons. The molecule has 2 aromatic rings. The maximum atomic E-state index is 14.0. The molecule has 1 aromatic carbocycles. The van der Waals surface area contributed by atoms with E-state index in [9.17, 15) is 9.59 Å². The van der Waals surface area contributed by atoms with Crippen molar-refractivity contribution in [2.75, 3.05) is 53.6 Å². The third-order valence-electron chi connectivity index (χ3n) is 5.95. The molecule has 1 saturated heterocycles. The lowest BCUT2D eigenvalue weighted by Gasteiger charge is -2.34. The number of pyridine rings is 1. The van der Waals surface area contributed by atoms with Crippen LogP contribution in [0.25, 0.3) is 0 Å². The largest absolute Gasteiger partial charge is 0.493 e. The number of morpholine rings is 1. The molecule has 1 aromatic heterocycles. The fraction of sp³-hybridized carbons (Fsp3) is 0.519. The zero-order valence-electron chi connectivity index (χ0n) is 22.0. The Morgan fingerprint density at radius 3 is 2.36 bits per heavy atom. The molecule has 36 heavy (non-hydrogen) atoms. The summed E-state index contributed by atoms with van der Waals surface area (Å²) in [6, 6.07) is 7.80. The molecule has 1 aliphatic heterocycles. The second kappa shape index (κ2) is 12.7. The Labute approximate surface area is 213 Å². The van der Waals surface area contributed by atoms with Gasteiger partial charge in [0.25, 0.3) is 5.91 Å². The summed E-state index contributed by atoms with van der Waals surface area (Å²) in [5.41, 5.74) is 0.655. The number of carbonyl (C=O) groups excluding carboxylic acids is 2. The van der Waals surface area contributed by atoms with E-state index in [0.29, 0.717) is 48.8 Å². The highest BCUT2D eigenvalue weighted by atomic mass is 16.5. The summed E-state index contributed by atoms with van der Waals surface area (Å²) < 4.78 is 16.2. The lowest BCUT2D eigenvalue weighted by Crippen LogP contribution is -2.50. The molecule has 1 fully saturated rings. The van der Waals surface area contributed by atoms with Gasteiger partial charge in [-0.1, -0.05) is 0 Å². The van der Waals surface area contributed by atoms with E-state index in [2.05, 4.69) is 15.2 Å². The highest BCUT2D eigenvalue weighted by molar-refractivity contribution is 5.98. The summed E-state index contributed by atoms with van der Waals surface area (Å²) in [5, 5.41) is 3.06. The molecule has 0 aliphatic carbocycles. The number of nitrogens with zero attached hydrogens (tertiary/aromatic N) is 3. The van der Waals surface area contributed by atoms with Gasteiger partial charge in [-0.2, -0.15) is 0 Å². The molecular weight excluding hydrogens is 460 g/mol. The van der Waals surface area contributed by atoms with Crippen molar-refractivity contribution in [2.45, 2.75) is 38.8 Å². The zero-order chi connectivity index (χ0) is 26.1. The van der Waals surface area contributed by atoms with Crippen molar-refractivity contribution in [2.24, 2.45) is 0 Å². The molecule has 0 spiro atoms. The Balaban J connectivity index is 1.96. The molecule has 9 heteroatoms. The van der Waals surface area contributed by atoms with E-state index < -0.39 is 11.6 Å². The van der Waals surface area contributed by atoms with Crippen LogP contribution >= 0.6 is 0 Å². The number of amides is 2. The highest BCUT2D eigenvalue weighted by Crippen LogP contribution is 2.30. The number of nitrogens with one attached hydrogen (secondary N) is 1. The maximum absolute atomic E-state index is 14.0. The molecule has 0 radical (unpaired) electrons. The van der Waals surface area contributed by atoms with Gasteiger partial charge in [-0.15, -0.1) is 0 Å². The number of hydrogen-bond donors (Lipinski definition) is 1. The first-order valence-electron chi connectivity index (χ1n) is 12.3. The lowest BCUT2D eigenvalue weighted by molar-refractivity contribution is -0.127. The van der Waals surface area contributed by atoms with Crippen molar-refractivity contribution >= 4 is 11.8 Å². The predicted molar refractivity (Wildman–Crippen MR) is 137 cm³/mol. The predicted octanol–water partition coefficient (Wildman–Crippen LogP) is 2.92. The Bertz CT molecular complexity index is 1000. The molecule has 0 saturated carbocycles. The van der Waals surface area contributed by atoms with Crippen LogP contribution in [0.2, 0.25) is 0 Å². The van der Waals surface area contributed by atoms with Crippen LogP contribution in [0.1, 0.15) is 49.2 Å². The third kappa shape index (κ3) is 7.41. The molecule has 0 bridgehead atoms. The van der Waals surface area contributed by atoms with Crippen molar-refractivity contribution < 1.29 is 23.8 Å². The van der Waals surface area contributed by atoms with Crippen LogP contribution in [0, 0.1) is 0 Å². The van der Waals surface area contributed by atoms with Crippen molar-refractivity contribution in [3.05, 3.63) is 53.9 Å². The number of carbonyl (C=O) groups is 2. The highest BCUT2D eigenvalue weighted by Gasteiger charge is 2.34. The molecule has 2 heterocycles. The number of aromatic nitrogens is 1. The maximum Gasteiger partial charge on any atom is 0.254 e. The van der Waals surface area contributed by atoms with Crippen LogP contribution in [0.5, 0.6) is 11.5 Å². The second-order valence-corrected chi connectivity index (χ2v) is 9.80. The minimum atomic E-state index is -0.822. The molecule has 0 unspecified atom stereocenters. The smallest absolute Gasteiger partial charge is 0.254 e. The van der Waals surface area contributed by atoms with Gasteiger partial charge in [-0.05, 0) is 63.1 Å². The van der Waals surface area contributed by atoms with E-state index in [0.717, 1.165) is 19.6 Å². The third-order valence-corrected chi connectivity index (χ3v) is 5.95. The van der Waals surface area contributed by atoms with Crippen LogP contribution in [0.3, 0.4) is 0 Å². The molecule has 2 amide bonds. The molecule has 1 aliphatic rings. The minimum absolute atomic E-state index is 0.242. The van der Waals surface area contributed by atoms with Crippen LogP contribution < -0.4 is 14.8 Å². The first-order chi connectivity index (χ1) is 17.2. The Kier molecular flexibility index (Phi) is 9.66. The van der Waals surface area contributed by atoms with Gasteiger partial charge < -0.3 is 24.4 Å². The fourth-order valence-corrected chi connectivity index (χ4v) is 4.23. The van der Waals surface area contributed by atoms with Crippen molar-refractivity contribution in [3.63, 3.8) is 0 Å². The van der Waals surface area contributed by atoms with Gasteiger partial charge >= 0.3 is 0 Å². The average molecular weight is 499 g/mol. The average Bonchev–Trinajstić information content (AvgIpc) is 2.87. The summed E-state index contributed by atoms with van der Waals surface area (Å²) >= 11 is 0. The van der Waals surface area contributed by atoms with Gasteiger partial charge in [0.1, 0.15) is 6.04 Å². The molecule has 9 nitrogen and oxygen atoms in total. The molecule has 3 rings (SSSR count). The second-order valence-electron chi connectivity index (χ2n) is 9.80. The summed E-state index contributed by atoms with van der Waals surface area (Å²) in [7, 11) is 3.08. The SMILES string of the molecule is COc1ccc(C(=O)N(CCCN2CCOCC2)[C@@H](C(=O)NC(C)(C)C)c2ccncc2)cc1OC. The van der Waals surface area contributed by atoms with Gasteiger partial charge in [0.15, 0.2) is 11.5 Å². The van der Waals surface area contributed by atoms with Crippen LogP contribution in [0.15, 0.2) is 42.7 Å². The number of rotatable bonds is 10. The first kappa shape index (κ1) is 27.4. The number of benzene rings is 1. The number of hydrogen-bond acceptors (Lipinski definition) is 7. The summed E-state index contributed by atoms with van der Waals surface area (Å²) in [6.45, 7) is 10.1. The first-order valence-corrected chi connectivity index (χ1v) is 12.3. The van der Waals surface area contributed by atoms with E-state index in [4.69, 9.17) is 14.2 Å². The number of methoxy groups -OCH3 is 2. The van der Waals surface area contributed by atoms with Gasteiger partial charge in [-0.25, -0.2) is 0 Å². The minimum Gasteiger partial charge on any atom is -0.493 e. The van der Waals surface area contributed by atoms with E-state index in [-0.39, 0.29) is 11.8 Å². The van der Waals surface area contributed by atoms with Crippen LogP contribution in [-0.4, -0.2) is 85.7 Å². The Hall–Kier alpha value is -3.17. The van der Waals surface area contributed by atoms with Gasteiger partial charge in [0.2, 0.25) is 5.91 Å². The van der Waals surface area contributed by atoms with Crippen LogP contribution in [-0.2, 0) is 9.53 Å². The summed E-state index contributed by atoms with van der Waals surface area (Å²) in [4.78, 5) is 35.7. The zero-order valence-corrected chi connectivity index (χ0v) is 22.0. The normalized spacial score (nSPS) is 15.1. The summed E-state index contributed by atoms with van der Waals surface area (Å²) in [5.74, 6) is 0.484. The fourth-order valence-electron chi connectivity index (χ4n) is 4.23. The molecule has 1 atom stereocenters. The molecule has 1 N–H and O–H groups in total. The summed E-state index contributed by atoms with van der Waals surface area (Å²) in [6.07, 6.45) is 3.99. The Morgan fingerprint density at radius 1 is 1.08 bits per heavy atom. The van der Waals surface area contributed by atoms with Crippen LogP contribution in [0.4, 0.5) is 0 Å². The quantitative estimate of drug-likeness (QED) is 0.538. The standard InChI is InChI=1S/C27H38N4O5/c1-27(2,3)29-25(32)24(20-9-11-28-12-10-20)31(14-6-13-30-15-17-36-18-16-30)26(33)21-7-8-22(34-4)23(19-21)35-5/h7-12,19,24H,6,13-18H2,1-5H3,(H,29,32)/t24-/m1/s1. The van der Waals surface area contributed by atoms with E-state index in [1.165, 1.54) is 7.11 Å². The van der Waals surface area contributed by atoms with Gasteiger partial charge in [0, 0.05) is 49.7 Å². The van der Waals surface area contributed by atoms with Crippen molar-refractivity contribution in [1.82, 2.24) is 20.1 Å². The van der Waals surface area contributed by atoms with E-state index in [1.54, 1.807) is 54.7 Å². The lowest BCUT2D eigenvalue weighted by atomic mass is 10.0. The van der Waals surface area contributed by atoms with Crippen molar-refractivity contribution in [3.8, 4) is 11.5 Å². The monoisotopic (exact) mass is 498 g/mol.